The van der Waals surface area contributed by atoms with Gasteiger partial charge in [0.15, 0.2) is 17.3 Å². The number of nitriles is 1. The molecule has 1 amide bonds. The average molecular weight is 423 g/mol. The Hall–Kier alpha value is -3.35. The first-order chi connectivity index (χ1) is 14.2. The van der Waals surface area contributed by atoms with Crippen LogP contribution in [0.3, 0.4) is 0 Å². The summed E-state index contributed by atoms with van der Waals surface area (Å²) >= 11 is 0. The van der Waals surface area contributed by atoms with Gasteiger partial charge in [0, 0.05) is 18.2 Å². The summed E-state index contributed by atoms with van der Waals surface area (Å²) in [6.07, 6.45) is -4.47. The van der Waals surface area contributed by atoms with Crippen molar-refractivity contribution >= 4 is 11.6 Å². The molecule has 1 fully saturated rings. The maximum absolute atomic E-state index is 14.6. The second-order valence-corrected chi connectivity index (χ2v) is 7.03. The van der Waals surface area contributed by atoms with Crippen LogP contribution in [0.25, 0.3) is 0 Å². The molecule has 1 saturated heterocycles. The van der Waals surface area contributed by atoms with Crippen molar-refractivity contribution in [2.75, 3.05) is 11.4 Å². The number of nitrogens with one attached hydrogen (secondary N) is 1. The van der Waals surface area contributed by atoms with Crippen molar-refractivity contribution in [3.05, 3.63) is 53.1 Å². The van der Waals surface area contributed by atoms with Crippen molar-refractivity contribution in [3.8, 4) is 17.6 Å². The van der Waals surface area contributed by atoms with Gasteiger partial charge >= 0.3 is 12.1 Å². The highest BCUT2D eigenvalue weighted by Gasteiger charge is 2.45. The van der Waals surface area contributed by atoms with E-state index in [1.54, 1.807) is 11.0 Å². The molecule has 30 heavy (non-hydrogen) atoms. The summed E-state index contributed by atoms with van der Waals surface area (Å²) < 4.78 is 73.0. The predicted octanol–water partition coefficient (Wildman–Crippen LogP) is 4.33. The number of para-hydroxylation sites is 1. The molecule has 0 unspecified atom stereocenters. The normalized spacial score (nSPS) is 20.1. The van der Waals surface area contributed by atoms with E-state index in [2.05, 4.69) is 0 Å². The maximum atomic E-state index is 14.6. The Morgan fingerprint density at radius 3 is 2.70 bits per heavy atom. The van der Waals surface area contributed by atoms with E-state index in [1.165, 1.54) is 18.2 Å². The first kappa shape index (κ1) is 19.9. The third kappa shape index (κ3) is 3.30. The fraction of sp³-hybridized carbons (Fsp3) is 0.300. The molecule has 1 N–H and O–H groups in total. The van der Waals surface area contributed by atoms with Gasteiger partial charge in [0.2, 0.25) is 0 Å². The number of hydrogen-bond acceptors (Lipinski definition) is 4. The van der Waals surface area contributed by atoms with Gasteiger partial charge in [-0.15, -0.1) is 0 Å². The van der Waals surface area contributed by atoms with Crippen LogP contribution in [-0.2, 0) is 4.79 Å². The monoisotopic (exact) mass is 423 g/mol. The minimum atomic E-state index is -5.08. The molecule has 156 valence electrons. The number of hydrogen-bond donors (Lipinski definition) is 1. The first-order valence-corrected chi connectivity index (χ1v) is 9.05. The highest BCUT2D eigenvalue weighted by Crippen LogP contribution is 2.49. The van der Waals surface area contributed by atoms with Crippen LogP contribution in [0.4, 0.5) is 27.6 Å². The lowest BCUT2D eigenvalue weighted by molar-refractivity contribution is -0.174. The zero-order chi connectivity index (χ0) is 21.6. The number of carbonyl (C=O) groups is 1. The number of ether oxygens (including phenoxy) is 1. The molecule has 0 saturated carbocycles. The van der Waals surface area contributed by atoms with Crippen LogP contribution in [0.2, 0.25) is 0 Å². The molecule has 2 heterocycles. The lowest BCUT2D eigenvalue weighted by Gasteiger charge is -2.42. The Labute approximate surface area is 167 Å². The summed E-state index contributed by atoms with van der Waals surface area (Å²) in [5.41, 5.74) is 0.167. The van der Waals surface area contributed by atoms with Gasteiger partial charge in [-0.3, -0.25) is 4.79 Å². The van der Waals surface area contributed by atoms with Gasteiger partial charge < -0.3 is 15.0 Å². The lowest BCUT2D eigenvalue weighted by atomic mass is 9.89. The zero-order valence-electron chi connectivity index (χ0n) is 15.3. The van der Waals surface area contributed by atoms with E-state index in [4.69, 9.17) is 4.74 Å². The van der Waals surface area contributed by atoms with Gasteiger partial charge in [0.05, 0.1) is 23.3 Å². The van der Waals surface area contributed by atoms with E-state index in [-0.39, 0.29) is 34.7 Å². The van der Waals surface area contributed by atoms with Gasteiger partial charge in [-0.1, -0.05) is 12.1 Å². The first-order valence-electron chi connectivity index (χ1n) is 9.05. The quantitative estimate of drug-likeness (QED) is 0.694. The molecule has 2 aromatic carbocycles. The Bertz CT molecular complexity index is 1060. The number of piperidine rings is 1. The number of fused-ring (bicyclic) bond motifs is 5. The molecule has 0 bridgehead atoms. The number of alkyl halides is 3. The Kier molecular flexibility index (Phi) is 4.76. The molecule has 0 aliphatic carbocycles. The molecule has 2 aromatic rings. The van der Waals surface area contributed by atoms with Crippen LogP contribution in [0, 0.1) is 23.0 Å². The molecule has 2 atom stereocenters. The van der Waals surface area contributed by atoms with E-state index in [0.29, 0.717) is 13.0 Å². The molecule has 0 aromatic heterocycles. The number of benzene rings is 2. The van der Waals surface area contributed by atoms with Crippen LogP contribution in [0.1, 0.15) is 30.0 Å². The van der Waals surface area contributed by atoms with E-state index in [9.17, 15) is 32.0 Å². The van der Waals surface area contributed by atoms with Gasteiger partial charge in [-0.2, -0.15) is 18.4 Å². The van der Waals surface area contributed by atoms with Gasteiger partial charge in [-0.05, 0) is 25.0 Å². The number of rotatable bonds is 1. The van der Waals surface area contributed by atoms with Crippen molar-refractivity contribution in [2.24, 2.45) is 0 Å². The standard InChI is InChI=1S/C20H14F5N3O2/c21-12-4-1-3-11-17-14(27-19(29)20(23,24)25)5-2-6-28(17)15-7-10(9-26)13(22)8-16(15)30-18(11)12/h1,3-4,7-8,14,17H,2,5-6H2,(H,27,29)/t14-,17+/m1/s1. The molecule has 2 aliphatic heterocycles. The van der Waals surface area contributed by atoms with E-state index < -0.39 is 35.8 Å². The second-order valence-electron chi connectivity index (χ2n) is 7.03. The van der Waals surface area contributed by atoms with Crippen molar-refractivity contribution in [1.82, 2.24) is 5.32 Å². The molecule has 0 spiro atoms. The fourth-order valence-electron chi connectivity index (χ4n) is 3.96. The van der Waals surface area contributed by atoms with Crippen LogP contribution >= 0.6 is 0 Å². The van der Waals surface area contributed by atoms with Crippen molar-refractivity contribution in [3.63, 3.8) is 0 Å². The highest BCUT2D eigenvalue weighted by atomic mass is 19.4. The van der Waals surface area contributed by atoms with Crippen molar-refractivity contribution in [2.45, 2.75) is 31.1 Å². The Morgan fingerprint density at radius 1 is 1.23 bits per heavy atom. The van der Waals surface area contributed by atoms with Gasteiger partial charge in [0.25, 0.3) is 0 Å². The van der Waals surface area contributed by atoms with Gasteiger partial charge in [-0.25, -0.2) is 8.78 Å². The van der Waals surface area contributed by atoms with E-state index in [0.717, 1.165) is 12.1 Å². The maximum Gasteiger partial charge on any atom is 0.471 e. The summed E-state index contributed by atoms with van der Waals surface area (Å²) in [5.74, 6) is -4.08. The zero-order valence-corrected chi connectivity index (χ0v) is 15.3. The van der Waals surface area contributed by atoms with Crippen LogP contribution in [0.5, 0.6) is 11.5 Å². The summed E-state index contributed by atoms with van der Waals surface area (Å²) in [5, 5.41) is 11.2. The number of carbonyl (C=O) groups excluding carboxylic acids is 1. The smallest absolute Gasteiger partial charge is 0.452 e. The summed E-state index contributed by atoms with van der Waals surface area (Å²) in [6.45, 7) is 0.325. The molecule has 5 nitrogen and oxygen atoms in total. The highest BCUT2D eigenvalue weighted by molar-refractivity contribution is 5.82. The predicted molar refractivity (Wildman–Crippen MR) is 94.9 cm³/mol. The number of halogens is 5. The molecular formula is C20H14F5N3O2. The number of nitrogens with zero attached hydrogens (tertiary/aromatic N) is 2. The largest absolute Gasteiger partial charge is 0.471 e. The summed E-state index contributed by atoms with van der Waals surface area (Å²) in [4.78, 5) is 13.2. The van der Waals surface area contributed by atoms with E-state index >= 15 is 0 Å². The molecule has 0 radical (unpaired) electrons. The second kappa shape index (κ2) is 7.16. The minimum Gasteiger partial charge on any atom is -0.452 e. The fourth-order valence-corrected chi connectivity index (χ4v) is 3.96. The lowest BCUT2D eigenvalue weighted by Crippen LogP contribution is -2.52. The average Bonchev–Trinajstić information content (AvgIpc) is 2.82. The molecule has 10 heteroatoms. The number of anilines is 1. The molecule has 4 rings (SSSR count). The third-order valence-electron chi connectivity index (χ3n) is 5.21. The topological polar surface area (TPSA) is 65.4 Å². The molecular weight excluding hydrogens is 409 g/mol. The Balaban J connectivity index is 1.88. The van der Waals surface area contributed by atoms with Crippen LogP contribution < -0.4 is 15.0 Å². The number of amides is 1. The third-order valence-corrected chi connectivity index (χ3v) is 5.21. The van der Waals surface area contributed by atoms with Crippen molar-refractivity contribution in [1.29, 1.82) is 5.26 Å². The molecule has 2 aliphatic rings. The van der Waals surface area contributed by atoms with Crippen LogP contribution in [0.15, 0.2) is 30.3 Å². The SMILES string of the molecule is N#Cc1cc2c(cc1F)Oc1c(F)cccc1[C@H]1[C@H](NC(=O)C(F)(F)F)CCCN21. The van der Waals surface area contributed by atoms with E-state index in [1.807, 2.05) is 5.32 Å². The van der Waals surface area contributed by atoms with Crippen LogP contribution in [-0.4, -0.2) is 24.7 Å². The van der Waals surface area contributed by atoms with Crippen molar-refractivity contribution < 1.29 is 31.5 Å². The summed E-state index contributed by atoms with van der Waals surface area (Å²) in [6, 6.07) is 5.93. The van der Waals surface area contributed by atoms with Gasteiger partial charge in [0.1, 0.15) is 11.9 Å². The minimum absolute atomic E-state index is 0.0665. The Morgan fingerprint density at radius 2 is 2.00 bits per heavy atom. The summed E-state index contributed by atoms with van der Waals surface area (Å²) in [7, 11) is 0.